The molecule has 0 atom stereocenters. The van der Waals surface area contributed by atoms with Crippen molar-refractivity contribution in [2.45, 2.75) is 65.5 Å². The predicted molar refractivity (Wildman–Crippen MR) is 191 cm³/mol. The van der Waals surface area contributed by atoms with Gasteiger partial charge < -0.3 is 0 Å². The molecule has 6 aromatic carbocycles. The van der Waals surface area contributed by atoms with E-state index >= 15 is 0 Å². The average molecular weight is 594 g/mol. The summed E-state index contributed by atoms with van der Waals surface area (Å²) in [6, 6.07) is 16.3. The lowest BCUT2D eigenvalue weighted by atomic mass is 9.91. The van der Waals surface area contributed by atoms with E-state index in [2.05, 4.69) is 103 Å². The first-order valence-electron chi connectivity index (χ1n) is 15.4. The first-order chi connectivity index (χ1) is 20.2. The normalized spacial score (nSPS) is 14.3. The van der Waals surface area contributed by atoms with Crippen molar-refractivity contribution in [3.63, 3.8) is 0 Å². The third-order valence-electron chi connectivity index (χ3n) is 9.99. The Morgan fingerprint density at radius 2 is 1.19 bits per heavy atom. The van der Waals surface area contributed by atoms with Crippen LogP contribution in [-0.2, 0) is 5.41 Å². The third-order valence-corrected chi connectivity index (χ3v) is 14.0. The van der Waals surface area contributed by atoms with Crippen molar-refractivity contribution >= 4 is 108 Å². The van der Waals surface area contributed by atoms with Crippen LogP contribution in [0.1, 0.15) is 26.5 Å². The van der Waals surface area contributed by atoms with E-state index in [1.807, 2.05) is 10.6 Å². The molecule has 0 aliphatic carbocycles. The molecule has 0 fully saturated rings. The Hall–Kier alpha value is -3.88. The summed E-state index contributed by atoms with van der Waals surface area (Å²) in [5.41, 5.74) is 3.31. The van der Waals surface area contributed by atoms with E-state index in [0.717, 1.165) is 38.5 Å². The van der Waals surface area contributed by atoms with Gasteiger partial charge in [-0.2, -0.15) is 0 Å². The van der Waals surface area contributed by atoms with Gasteiger partial charge in [-0.3, -0.25) is 14.2 Å². The van der Waals surface area contributed by atoms with Gasteiger partial charge in [0.05, 0.1) is 38.8 Å². The number of nitrogens with zero attached hydrogens (tertiary/aromatic N) is 3. The maximum atomic E-state index is 14.7. The quantitative estimate of drug-likeness (QED) is 0.150. The fourth-order valence-corrected chi connectivity index (χ4v) is 11.2. The zero-order valence-corrected chi connectivity index (χ0v) is 28.4. The van der Waals surface area contributed by atoms with E-state index in [1.165, 1.54) is 58.8 Å². The summed E-state index contributed by atoms with van der Waals surface area (Å²) in [5, 5.41) is 17.7. The molecule has 9 aromatic rings. The highest BCUT2D eigenvalue weighted by Crippen LogP contribution is 2.51. The molecular formula is C37H35N3OSi2. The summed E-state index contributed by atoms with van der Waals surface area (Å²) in [4.78, 5) is 24.8. The van der Waals surface area contributed by atoms with Gasteiger partial charge in [0, 0.05) is 16.5 Å². The van der Waals surface area contributed by atoms with E-state index < -0.39 is 16.1 Å². The number of hydrogen-bond donors (Lipinski definition) is 0. The molecule has 0 unspecified atom stereocenters. The monoisotopic (exact) mass is 593 g/mol. The Morgan fingerprint density at radius 1 is 0.651 bits per heavy atom. The highest BCUT2D eigenvalue weighted by molar-refractivity contribution is 6.91. The standard InChI is InChI=1S/C37H35N3OSi2/c1-37(2,3)27-16-23-24(17-38-27)40-35(39-23)33-21-14-25(42(4,5)6)19-12-10-18-11-13-20-26(43(7,8)9)15-22(34(33)36(40)41)32-30(20)28(18)29(19)31(21)32/h10-17H,1-9H3. The molecule has 3 heterocycles. The Balaban J connectivity index is 1.64. The van der Waals surface area contributed by atoms with E-state index in [1.54, 1.807) is 0 Å². The number of hydrogen-bond acceptors (Lipinski definition) is 3. The van der Waals surface area contributed by atoms with Gasteiger partial charge in [-0.1, -0.05) is 107 Å². The average Bonchev–Trinajstić information content (AvgIpc) is 3.57. The van der Waals surface area contributed by atoms with Crippen molar-refractivity contribution in [3.05, 3.63) is 64.7 Å². The van der Waals surface area contributed by atoms with Gasteiger partial charge in [0.25, 0.3) is 5.56 Å². The van der Waals surface area contributed by atoms with Gasteiger partial charge in [-0.25, -0.2) is 4.98 Å². The van der Waals surface area contributed by atoms with Crippen LogP contribution in [0.25, 0.3) is 81.3 Å². The zero-order chi connectivity index (χ0) is 30.1. The predicted octanol–water partition coefficient (Wildman–Crippen LogP) is 8.30. The van der Waals surface area contributed by atoms with Crippen molar-refractivity contribution in [1.29, 1.82) is 0 Å². The van der Waals surface area contributed by atoms with Crippen LogP contribution in [0.15, 0.2) is 53.5 Å². The van der Waals surface area contributed by atoms with Gasteiger partial charge in [-0.15, -0.1) is 0 Å². The van der Waals surface area contributed by atoms with Crippen LogP contribution >= 0.6 is 0 Å². The second-order valence-corrected chi connectivity index (χ2v) is 26.0. The topological polar surface area (TPSA) is 47.3 Å². The molecule has 0 aliphatic heterocycles. The van der Waals surface area contributed by atoms with Crippen molar-refractivity contribution in [1.82, 2.24) is 14.4 Å². The van der Waals surface area contributed by atoms with Crippen LogP contribution in [0.5, 0.6) is 0 Å². The molecule has 0 saturated carbocycles. The minimum Gasteiger partial charge on any atom is -0.268 e. The number of imidazole rings is 1. The van der Waals surface area contributed by atoms with E-state index in [0.29, 0.717) is 0 Å². The Labute approximate surface area is 251 Å². The van der Waals surface area contributed by atoms with Crippen LogP contribution in [-0.4, -0.2) is 30.5 Å². The SMILES string of the molecule is CC(C)(C)c1cc2nc3c4c5cc([Si](C)(C)C)c6ccc7ccc8c([Si](C)(C)C)cc(c4c(=O)n3c2cn1)c1c8c7c6c51. The zero-order valence-electron chi connectivity index (χ0n) is 26.4. The molecule has 0 amide bonds. The number of pyridine rings is 1. The lowest BCUT2D eigenvalue weighted by Gasteiger charge is -2.21. The second-order valence-electron chi connectivity index (χ2n) is 15.9. The molecule has 0 aliphatic rings. The van der Waals surface area contributed by atoms with Gasteiger partial charge >= 0.3 is 0 Å². The van der Waals surface area contributed by atoms with Crippen molar-refractivity contribution in [2.75, 3.05) is 0 Å². The fraction of sp³-hybridized carbons (Fsp3) is 0.270. The molecule has 0 bridgehead atoms. The van der Waals surface area contributed by atoms with Crippen molar-refractivity contribution < 1.29 is 0 Å². The van der Waals surface area contributed by atoms with E-state index in [4.69, 9.17) is 9.97 Å². The molecule has 4 nitrogen and oxygen atoms in total. The molecule has 0 radical (unpaired) electrons. The Kier molecular flexibility index (Phi) is 4.42. The molecule has 6 heteroatoms. The van der Waals surface area contributed by atoms with Crippen molar-refractivity contribution in [3.8, 4) is 0 Å². The maximum Gasteiger partial charge on any atom is 0.265 e. The summed E-state index contributed by atoms with van der Waals surface area (Å²) in [6.45, 7) is 21.1. The summed E-state index contributed by atoms with van der Waals surface area (Å²) < 4.78 is 1.85. The number of fused-ring (bicyclic) bond motifs is 7. The molecule has 212 valence electrons. The summed E-state index contributed by atoms with van der Waals surface area (Å²) in [6.07, 6.45) is 1.86. The minimum absolute atomic E-state index is 0.0263. The van der Waals surface area contributed by atoms with Crippen LogP contribution in [0, 0.1) is 0 Å². The summed E-state index contributed by atoms with van der Waals surface area (Å²) >= 11 is 0. The maximum absolute atomic E-state index is 14.7. The number of rotatable bonds is 2. The molecule has 9 rings (SSSR count). The Morgan fingerprint density at radius 3 is 1.72 bits per heavy atom. The molecule has 43 heavy (non-hydrogen) atoms. The fourth-order valence-electron chi connectivity index (χ4n) is 8.00. The van der Waals surface area contributed by atoms with Crippen LogP contribution in [0.3, 0.4) is 0 Å². The minimum atomic E-state index is -1.78. The molecule has 3 aromatic heterocycles. The molecular weight excluding hydrogens is 559 g/mol. The van der Waals surface area contributed by atoms with Crippen molar-refractivity contribution in [2.24, 2.45) is 0 Å². The summed E-state index contributed by atoms with van der Waals surface area (Å²) in [5.74, 6) is 0. The van der Waals surface area contributed by atoms with Crippen LogP contribution < -0.4 is 15.9 Å². The first kappa shape index (κ1) is 25.6. The second kappa shape index (κ2) is 7.42. The van der Waals surface area contributed by atoms with Gasteiger partial charge in [0.2, 0.25) is 0 Å². The first-order valence-corrected chi connectivity index (χ1v) is 22.4. The van der Waals surface area contributed by atoms with E-state index in [9.17, 15) is 4.79 Å². The lowest BCUT2D eigenvalue weighted by molar-refractivity contribution is 0.570. The number of aromatic nitrogens is 3. The largest absolute Gasteiger partial charge is 0.268 e. The summed E-state index contributed by atoms with van der Waals surface area (Å²) in [7, 11) is -3.54. The van der Waals surface area contributed by atoms with Gasteiger partial charge in [0.15, 0.2) is 0 Å². The Bertz CT molecular complexity index is 2680. The highest BCUT2D eigenvalue weighted by Gasteiger charge is 2.33. The third kappa shape index (κ3) is 2.98. The highest BCUT2D eigenvalue weighted by atomic mass is 28.3. The lowest BCUT2D eigenvalue weighted by Crippen LogP contribution is -2.38. The molecule has 0 spiro atoms. The number of benzene rings is 5. The van der Waals surface area contributed by atoms with Gasteiger partial charge in [-0.05, 0) is 59.9 Å². The van der Waals surface area contributed by atoms with E-state index in [-0.39, 0.29) is 11.0 Å². The van der Waals surface area contributed by atoms with Crippen LogP contribution in [0.4, 0.5) is 0 Å². The smallest absolute Gasteiger partial charge is 0.265 e. The molecule has 0 N–H and O–H groups in total. The van der Waals surface area contributed by atoms with Crippen LogP contribution in [0.2, 0.25) is 39.3 Å². The van der Waals surface area contributed by atoms with Gasteiger partial charge in [0.1, 0.15) is 5.65 Å². The molecule has 0 saturated heterocycles.